The standard InChI is InChI=1S/C12H16ClNO/c1-3-8-12(14,9(2)15)10-6-4-5-7-11(10)13/h4-7H,3,8,14H2,1-2H3. The van der Waals surface area contributed by atoms with Gasteiger partial charge in [-0.05, 0) is 25.0 Å². The molecule has 0 bridgehead atoms. The Morgan fingerprint density at radius 2 is 2.07 bits per heavy atom. The van der Waals surface area contributed by atoms with Gasteiger partial charge in [0.25, 0.3) is 0 Å². The summed E-state index contributed by atoms with van der Waals surface area (Å²) in [5, 5.41) is 0.559. The van der Waals surface area contributed by atoms with Crippen LogP contribution in [0.25, 0.3) is 0 Å². The Bertz CT molecular complexity index is 364. The first-order chi connectivity index (χ1) is 7.02. The molecule has 0 radical (unpaired) electrons. The molecule has 1 aromatic carbocycles. The zero-order chi connectivity index (χ0) is 11.5. The molecule has 2 nitrogen and oxygen atoms in total. The lowest BCUT2D eigenvalue weighted by molar-refractivity contribution is -0.122. The third-order valence-electron chi connectivity index (χ3n) is 2.63. The molecule has 2 N–H and O–H groups in total. The number of Topliss-reactive ketones (excluding diaryl/α,β-unsaturated/α-hetero) is 1. The fourth-order valence-corrected chi connectivity index (χ4v) is 2.02. The largest absolute Gasteiger partial charge is 0.315 e. The van der Waals surface area contributed by atoms with Gasteiger partial charge in [-0.25, -0.2) is 0 Å². The number of benzene rings is 1. The molecule has 0 saturated heterocycles. The second kappa shape index (κ2) is 4.77. The van der Waals surface area contributed by atoms with Crippen molar-refractivity contribution in [2.45, 2.75) is 32.2 Å². The van der Waals surface area contributed by atoms with Crippen LogP contribution in [0, 0.1) is 0 Å². The van der Waals surface area contributed by atoms with Crippen LogP contribution in [0.3, 0.4) is 0 Å². The van der Waals surface area contributed by atoms with E-state index in [2.05, 4.69) is 0 Å². The lowest BCUT2D eigenvalue weighted by atomic mass is 9.83. The summed E-state index contributed by atoms with van der Waals surface area (Å²) < 4.78 is 0. The Balaban J connectivity index is 3.21. The summed E-state index contributed by atoms with van der Waals surface area (Å²) >= 11 is 6.06. The van der Waals surface area contributed by atoms with E-state index in [1.54, 1.807) is 6.07 Å². The summed E-state index contributed by atoms with van der Waals surface area (Å²) in [4.78, 5) is 11.6. The molecule has 0 aliphatic carbocycles. The highest BCUT2D eigenvalue weighted by atomic mass is 35.5. The number of nitrogens with two attached hydrogens (primary N) is 1. The molecule has 0 aromatic heterocycles. The van der Waals surface area contributed by atoms with E-state index in [9.17, 15) is 4.79 Å². The van der Waals surface area contributed by atoms with E-state index in [1.807, 2.05) is 25.1 Å². The van der Waals surface area contributed by atoms with Crippen molar-refractivity contribution >= 4 is 17.4 Å². The van der Waals surface area contributed by atoms with Gasteiger partial charge in [-0.1, -0.05) is 43.1 Å². The number of carbonyl (C=O) groups excluding carboxylic acids is 1. The van der Waals surface area contributed by atoms with Crippen molar-refractivity contribution in [3.63, 3.8) is 0 Å². The number of rotatable bonds is 4. The third kappa shape index (κ3) is 2.39. The first-order valence-corrected chi connectivity index (χ1v) is 5.45. The Labute approximate surface area is 95.4 Å². The summed E-state index contributed by atoms with van der Waals surface area (Å²) in [7, 11) is 0. The molecule has 1 aromatic rings. The number of hydrogen-bond acceptors (Lipinski definition) is 2. The van der Waals surface area contributed by atoms with Crippen molar-refractivity contribution in [1.29, 1.82) is 0 Å². The molecule has 0 heterocycles. The lowest BCUT2D eigenvalue weighted by Gasteiger charge is -2.27. The predicted octanol–water partition coefficient (Wildman–Crippen LogP) is 2.88. The number of carbonyl (C=O) groups is 1. The molecule has 1 unspecified atom stereocenters. The molecule has 0 aliphatic heterocycles. The minimum absolute atomic E-state index is 0.0440. The van der Waals surface area contributed by atoms with E-state index in [-0.39, 0.29) is 5.78 Å². The third-order valence-corrected chi connectivity index (χ3v) is 2.96. The van der Waals surface area contributed by atoms with Gasteiger partial charge >= 0.3 is 0 Å². The molecular weight excluding hydrogens is 210 g/mol. The minimum Gasteiger partial charge on any atom is -0.315 e. The van der Waals surface area contributed by atoms with Gasteiger partial charge in [0.2, 0.25) is 0 Å². The van der Waals surface area contributed by atoms with Gasteiger partial charge in [0, 0.05) is 5.02 Å². The van der Waals surface area contributed by atoms with Crippen molar-refractivity contribution in [3.05, 3.63) is 34.9 Å². The first kappa shape index (κ1) is 12.2. The molecule has 82 valence electrons. The van der Waals surface area contributed by atoms with Crippen LogP contribution in [0.15, 0.2) is 24.3 Å². The van der Waals surface area contributed by atoms with Crippen LogP contribution in [-0.4, -0.2) is 5.78 Å². The first-order valence-electron chi connectivity index (χ1n) is 5.07. The molecule has 0 aliphatic rings. The predicted molar refractivity (Wildman–Crippen MR) is 62.9 cm³/mol. The minimum atomic E-state index is -0.937. The molecule has 0 spiro atoms. The smallest absolute Gasteiger partial charge is 0.154 e. The summed E-state index contributed by atoms with van der Waals surface area (Å²) in [5.41, 5.74) is 5.93. The number of hydrogen-bond donors (Lipinski definition) is 1. The Morgan fingerprint density at radius 3 is 2.53 bits per heavy atom. The fourth-order valence-electron chi connectivity index (χ4n) is 1.72. The van der Waals surface area contributed by atoms with E-state index in [0.717, 1.165) is 12.0 Å². The van der Waals surface area contributed by atoms with Crippen LogP contribution in [0.1, 0.15) is 32.3 Å². The molecule has 3 heteroatoms. The van der Waals surface area contributed by atoms with Crippen LogP contribution in [0.5, 0.6) is 0 Å². The molecule has 15 heavy (non-hydrogen) atoms. The van der Waals surface area contributed by atoms with E-state index in [0.29, 0.717) is 11.4 Å². The second-order valence-electron chi connectivity index (χ2n) is 3.76. The molecular formula is C12H16ClNO. The molecule has 0 amide bonds. The SMILES string of the molecule is CCCC(N)(C(C)=O)c1ccccc1Cl. The van der Waals surface area contributed by atoms with Gasteiger partial charge < -0.3 is 5.73 Å². The van der Waals surface area contributed by atoms with Crippen molar-refractivity contribution in [2.75, 3.05) is 0 Å². The van der Waals surface area contributed by atoms with Crippen LogP contribution in [0.4, 0.5) is 0 Å². The monoisotopic (exact) mass is 225 g/mol. The highest BCUT2D eigenvalue weighted by Gasteiger charge is 2.33. The second-order valence-corrected chi connectivity index (χ2v) is 4.16. The maximum Gasteiger partial charge on any atom is 0.154 e. The van der Waals surface area contributed by atoms with Crippen molar-refractivity contribution in [2.24, 2.45) is 5.73 Å². The van der Waals surface area contributed by atoms with Crippen LogP contribution in [-0.2, 0) is 10.3 Å². The molecule has 1 atom stereocenters. The number of ketones is 1. The van der Waals surface area contributed by atoms with Gasteiger partial charge in [-0.2, -0.15) is 0 Å². The van der Waals surface area contributed by atoms with E-state index in [1.165, 1.54) is 6.92 Å². The Morgan fingerprint density at radius 1 is 1.47 bits per heavy atom. The van der Waals surface area contributed by atoms with Gasteiger partial charge in [0.1, 0.15) is 5.54 Å². The average Bonchev–Trinajstić information content (AvgIpc) is 2.18. The summed E-state index contributed by atoms with van der Waals surface area (Å²) in [6.07, 6.45) is 1.47. The fraction of sp³-hybridized carbons (Fsp3) is 0.417. The Hall–Kier alpha value is -0.860. The van der Waals surface area contributed by atoms with E-state index >= 15 is 0 Å². The summed E-state index contributed by atoms with van der Waals surface area (Å²) in [6, 6.07) is 7.26. The van der Waals surface area contributed by atoms with Gasteiger partial charge in [-0.15, -0.1) is 0 Å². The van der Waals surface area contributed by atoms with Gasteiger partial charge in [0.05, 0.1) is 0 Å². The highest BCUT2D eigenvalue weighted by molar-refractivity contribution is 6.31. The average molecular weight is 226 g/mol. The maximum absolute atomic E-state index is 11.6. The zero-order valence-electron chi connectivity index (χ0n) is 9.09. The van der Waals surface area contributed by atoms with Crippen molar-refractivity contribution < 1.29 is 4.79 Å². The zero-order valence-corrected chi connectivity index (χ0v) is 9.84. The Kier molecular flexibility index (Phi) is 3.89. The number of halogens is 1. The lowest BCUT2D eigenvalue weighted by Crippen LogP contribution is -2.43. The quantitative estimate of drug-likeness (QED) is 0.856. The van der Waals surface area contributed by atoms with Crippen molar-refractivity contribution in [3.8, 4) is 0 Å². The van der Waals surface area contributed by atoms with Gasteiger partial charge in [-0.3, -0.25) is 4.79 Å². The normalized spacial score (nSPS) is 14.7. The van der Waals surface area contributed by atoms with Gasteiger partial charge in [0.15, 0.2) is 5.78 Å². The molecule has 1 rings (SSSR count). The summed E-state index contributed by atoms with van der Waals surface area (Å²) in [5.74, 6) is -0.0440. The van der Waals surface area contributed by atoms with Crippen LogP contribution < -0.4 is 5.73 Å². The topological polar surface area (TPSA) is 43.1 Å². The molecule has 0 saturated carbocycles. The van der Waals surface area contributed by atoms with Crippen LogP contribution >= 0.6 is 11.6 Å². The van der Waals surface area contributed by atoms with E-state index in [4.69, 9.17) is 17.3 Å². The summed E-state index contributed by atoms with van der Waals surface area (Å²) in [6.45, 7) is 3.51. The molecule has 0 fully saturated rings. The van der Waals surface area contributed by atoms with Crippen LogP contribution in [0.2, 0.25) is 5.02 Å². The van der Waals surface area contributed by atoms with Crippen molar-refractivity contribution in [1.82, 2.24) is 0 Å². The van der Waals surface area contributed by atoms with E-state index < -0.39 is 5.54 Å². The maximum atomic E-state index is 11.6. The highest BCUT2D eigenvalue weighted by Crippen LogP contribution is 2.30.